The van der Waals surface area contributed by atoms with Crippen molar-refractivity contribution in [1.82, 2.24) is 10.3 Å². The summed E-state index contributed by atoms with van der Waals surface area (Å²) in [6.07, 6.45) is 6.70. The van der Waals surface area contributed by atoms with Gasteiger partial charge in [-0.15, -0.1) is 11.3 Å². The minimum atomic E-state index is 0.119. The number of hydrogen-bond donors (Lipinski definition) is 1. The molecule has 1 aromatic rings. The van der Waals surface area contributed by atoms with Crippen molar-refractivity contribution >= 4 is 11.3 Å². The molecule has 0 aromatic carbocycles. The summed E-state index contributed by atoms with van der Waals surface area (Å²) in [4.78, 5) is 4.49. The van der Waals surface area contributed by atoms with Gasteiger partial charge in [0.05, 0.1) is 5.54 Å². The molecule has 1 aliphatic heterocycles. The lowest BCUT2D eigenvalue weighted by Crippen LogP contribution is -2.47. The summed E-state index contributed by atoms with van der Waals surface area (Å²) in [6.45, 7) is 1.72. The summed E-state index contributed by atoms with van der Waals surface area (Å²) in [5.41, 5.74) is 0.119. The average Bonchev–Trinajstić information content (AvgIpc) is 2.91. The maximum absolute atomic E-state index is 5.46. The summed E-state index contributed by atoms with van der Waals surface area (Å²) in [5.74, 6) is 0. The Balaban J connectivity index is 1.84. The summed E-state index contributed by atoms with van der Waals surface area (Å²) in [5, 5.41) is 7.10. The number of ether oxygens (including phenoxy) is 1. The first-order chi connectivity index (χ1) is 7.39. The quantitative estimate of drug-likeness (QED) is 0.851. The Labute approximate surface area is 93.9 Å². The van der Waals surface area contributed by atoms with E-state index in [-0.39, 0.29) is 5.54 Å². The van der Waals surface area contributed by atoms with Crippen LogP contribution in [0.3, 0.4) is 0 Å². The van der Waals surface area contributed by atoms with Gasteiger partial charge in [0, 0.05) is 30.8 Å². The molecule has 1 saturated heterocycles. The standard InChI is InChI=1S/C11H16N2OS/c1-2-9(1)13-11(3-6-14-7-4-11)10-12-5-8-15-10/h5,8-9,13H,1-4,6-7H2. The minimum Gasteiger partial charge on any atom is -0.381 e. The number of nitrogens with zero attached hydrogens (tertiary/aromatic N) is 1. The molecule has 2 fully saturated rings. The molecule has 0 bridgehead atoms. The van der Waals surface area contributed by atoms with Crippen molar-refractivity contribution in [2.24, 2.45) is 0 Å². The van der Waals surface area contributed by atoms with Gasteiger partial charge in [-0.3, -0.25) is 0 Å². The predicted octanol–water partition coefficient (Wildman–Crippen LogP) is 1.90. The van der Waals surface area contributed by atoms with Crippen molar-refractivity contribution in [3.8, 4) is 0 Å². The average molecular weight is 224 g/mol. The first-order valence-corrected chi connectivity index (χ1v) is 6.52. The molecule has 1 saturated carbocycles. The van der Waals surface area contributed by atoms with Crippen molar-refractivity contribution < 1.29 is 4.74 Å². The molecule has 82 valence electrons. The van der Waals surface area contributed by atoms with Crippen molar-refractivity contribution in [1.29, 1.82) is 0 Å². The minimum absolute atomic E-state index is 0.119. The Hall–Kier alpha value is -0.450. The van der Waals surface area contributed by atoms with E-state index in [1.54, 1.807) is 11.3 Å². The highest BCUT2D eigenvalue weighted by atomic mass is 32.1. The highest BCUT2D eigenvalue weighted by Crippen LogP contribution is 2.36. The van der Waals surface area contributed by atoms with Crippen molar-refractivity contribution in [2.45, 2.75) is 37.3 Å². The molecule has 3 nitrogen and oxygen atoms in total. The normalized spacial score (nSPS) is 25.3. The Morgan fingerprint density at radius 2 is 2.20 bits per heavy atom. The molecule has 2 heterocycles. The number of hydrogen-bond acceptors (Lipinski definition) is 4. The summed E-state index contributed by atoms with van der Waals surface area (Å²) in [7, 11) is 0. The molecular formula is C11H16N2OS. The lowest BCUT2D eigenvalue weighted by Gasteiger charge is -2.36. The van der Waals surface area contributed by atoms with Gasteiger partial charge < -0.3 is 10.1 Å². The summed E-state index contributed by atoms with van der Waals surface area (Å²) < 4.78 is 5.46. The maximum Gasteiger partial charge on any atom is 0.113 e. The first-order valence-electron chi connectivity index (χ1n) is 5.64. The largest absolute Gasteiger partial charge is 0.381 e. The Morgan fingerprint density at radius 3 is 2.80 bits per heavy atom. The van der Waals surface area contributed by atoms with Crippen LogP contribution < -0.4 is 5.32 Å². The van der Waals surface area contributed by atoms with Crippen LogP contribution in [-0.4, -0.2) is 24.2 Å². The van der Waals surface area contributed by atoms with E-state index in [9.17, 15) is 0 Å². The molecular weight excluding hydrogens is 208 g/mol. The zero-order valence-electron chi connectivity index (χ0n) is 8.74. The first kappa shape index (κ1) is 9.75. The highest BCUT2D eigenvalue weighted by Gasteiger charge is 2.40. The van der Waals surface area contributed by atoms with Crippen LogP contribution in [0.1, 0.15) is 30.7 Å². The second-order valence-corrected chi connectivity index (χ2v) is 5.34. The van der Waals surface area contributed by atoms with E-state index in [2.05, 4.69) is 15.7 Å². The van der Waals surface area contributed by atoms with Crippen LogP contribution in [-0.2, 0) is 10.3 Å². The van der Waals surface area contributed by atoms with Crippen LogP contribution in [0.25, 0.3) is 0 Å². The molecule has 0 amide bonds. The zero-order chi connectivity index (χ0) is 10.1. The molecule has 0 atom stereocenters. The molecule has 0 radical (unpaired) electrons. The Morgan fingerprint density at radius 1 is 1.40 bits per heavy atom. The van der Waals surface area contributed by atoms with Crippen LogP contribution in [0.4, 0.5) is 0 Å². The second kappa shape index (κ2) is 3.85. The van der Waals surface area contributed by atoms with Gasteiger partial charge in [-0.25, -0.2) is 4.98 Å². The van der Waals surface area contributed by atoms with Crippen molar-refractivity contribution in [2.75, 3.05) is 13.2 Å². The molecule has 1 N–H and O–H groups in total. The van der Waals surface area contributed by atoms with Crippen molar-refractivity contribution in [3.63, 3.8) is 0 Å². The fourth-order valence-electron chi connectivity index (χ4n) is 2.22. The van der Waals surface area contributed by atoms with Crippen LogP contribution in [0, 0.1) is 0 Å². The lowest BCUT2D eigenvalue weighted by molar-refractivity contribution is 0.0357. The van der Waals surface area contributed by atoms with Gasteiger partial charge in [-0.2, -0.15) is 0 Å². The third kappa shape index (κ3) is 1.94. The Kier molecular flexibility index (Phi) is 2.50. The van der Waals surface area contributed by atoms with Crippen LogP contribution in [0.5, 0.6) is 0 Å². The molecule has 0 spiro atoms. The third-order valence-electron chi connectivity index (χ3n) is 3.25. The number of rotatable bonds is 3. The number of thiazole rings is 1. The molecule has 0 unspecified atom stereocenters. The molecule has 1 aromatic heterocycles. The van der Waals surface area contributed by atoms with Gasteiger partial charge in [-0.1, -0.05) is 0 Å². The van der Waals surface area contributed by atoms with E-state index >= 15 is 0 Å². The summed E-state index contributed by atoms with van der Waals surface area (Å²) >= 11 is 1.77. The Bertz CT molecular complexity index is 315. The van der Waals surface area contributed by atoms with Gasteiger partial charge in [0.2, 0.25) is 0 Å². The van der Waals surface area contributed by atoms with Gasteiger partial charge in [0.25, 0.3) is 0 Å². The van der Waals surface area contributed by atoms with E-state index in [0.29, 0.717) is 0 Å². The van der Waals surface area contributed by atoms with E-state index in [1.165, 1.54) is 17.8 Å². The predicted molar refractivity (Wildman–Crippen MR) is 60.0 cm³/mol. The maximum atomic E-state index is 5.46. The fraction of sp³-hybridized carbons (Fsp3) is 0.727. The monoisotopic (exact) mass is 224 g/mol. The van der Waals surface area contributed by atoms with E-state index in [0.717, 1.165) is 32.1 Å². The highest BCUT2D eigenvalue weighted by molar-refractivity contribution is 7.09. The second-order valence-electron chi connectivity index (χ2n) is 4.45. The SMILES string of the molecule is c1csc(C2(NC3CC3)CCOCC2)n1. The van der Waals surface area contributed by atoms with Crippen LogP contribution in [0.15, 0.2) is 11.6 Å². The van der Waals surface area contributed by atoms with Crippen LogP contribution in [0.2, 0.25) is 0 Å². The molecule has 1 aliphatic carbocycles. The summed E-state index contributed by atoms with van der Waals surface area (Å²) in [6, 6.07) is 0.729. The fourth-order valence-corrected chi connectivity index (χ4v) is 3.08. The molecule has 15 heavy (non-hydrogen) atoms. The topological polar surface area (TPSA) is 34.1 Å². The van der Waals surface area contributed by atoms with E-state index in [1.807, 2.05) is 6.20 Å². The van der Waals surface area contributed by atoms with Crippen LogP contribution >= 0.6 is 11.3 Å². The molecule has 3 rings (SSSR count). The number of aromatic nitrogens is 1. The van der Waals surface area contributed by atoms with Gasteiger partial charge in [-0.05, 0) is 25.7 Å². The lowest BCUT2D eigenvalue weighted by atomic mass is 9.90. The van der Waals surface area contributed by atoms with Gasteiger partial charge in [0.15, 0.2) is 0 Å². The van der Waals surface area contributed by atoms with Crippen molar-refractivity contribution in [3.05, 3.63) is 16.6 Å². The smallest absolute Gasteiger partial charge is 0.113 e. The number of nitrogens with one attached hydrogen (secondary N) is 1. The van der Waals surface area contributed by atoms with E-state index in [4.69, 9.17) is 4.74 Å². The zero-order valence-corrected chi connectivity index (χ0v) is 9.55. The van der Waals surface area contributed by atoms with E-state index < -0.39 is 0 Å². The third-order valence-corrected chi connectivity index (χ3v) is 4.22. The molecule has 4 heteroatoms. The van der Waals surface area contributed by atoms with Gasteiger partial charge >= 0.3 is 0 Å². The van der Waals surface area contributed by atoms with Gasteiger partial charge in [0.1, 0.15) is 5.01 Å². The molecule has 2 aliphatic rings.